The molecule has 0 radical (unpaired) electrons. The zero-order valence-electron chi connectivity index (χ0n) is 13.2. The van der Waals surface area contributed by atoms with Gasteiger partial charge < -0.3 is 10.4 Å². The van der Waals surface area contributed by atoms with E-state index in [1.807, 2.05) is 0 Å². The van der Waals surface area contributed by atoms with Crippen LogP contribution in [-0.4, -0.2) is 28.1 Å². The van der Waals surface area contributed by atoms with Crippen molar-refractivity contribution in [3.05, 3.63) is 38.4 Å². The third-order valence-electron chi connectivity index (χ3n) is 4.39. The Morgan fingerprint density at radius 3 is 2.50 bits per heavy atom. The van der Waals surface area contributed by atoms with Gasteiger partial charge in [-0.05, 0) is 45.2 Å². The van der Waals surface area contributed by atoms with Gasteiger partial charge in [-0.1, -0.05) is 12.8 Å². The van der Waals surface area contributed by atoms with E-state index in [2.05, 4.69) is 5.32 Å². The van der Waals surface area contributed by atoms with Crippen molar-refractivity contribution in [1.29, 1.82) is 0 Å². The normalized spacial score (nSPS) is 21.5. The number of aliphatic hydroxyl groups is 1. The van der Waals surface area contributed by atoms with Crippen LogP contribution in [0.5, 0.6) is 0 Å². The molecule has 0 heterocycles. The number of rotatable bonds is 3. The summed E-state index contributed by atoms with van der Waals surface area (Å²) in [6.07, 6.45) is 2.80. The average molecular weight is 306 g/mol. The highest BCUT2D eigenvalue weighted by Gasteiger charge is 2.28. The van der Waals surface area contributed by atoms with Crippen molar-refractivity contribution in [3.63, 3.8) is 0 Å². The predicted molar refractivity (Wildman–Crippen MR) is 83.0 cm³/mol. The summed E-state index contributed by atoms with van der Waals surface area (Å²) >= 11 is 0. The Kier molecular flexibility index (Phi) is 4.81. The van der Waals surface area contributed by atoms with Crippen LogP contribution in [0.25, 0.3) is 0 Å². The maximum absolute atomic E-state index is 12.5. The van der Waals surface area contributed by atoms with E-state index >= 15 is 0 Å². The van der Waals surface area contributed by atoms with Gasteiger partial charge in [0.2, 0.25) is 0 Å². The number of nitro groups is 1. The van der Waals surface area contributed by atoms with Gasteiger partial charge in [0.05, 0.1) is 22.6 Å². The van der Waals surface area contributed by atoms with Crippen LogP contribution in [0.1, 0.15) is 52.7 Å². The predicted octanol–water partition coefficient (Wildman–Crippen LogP) is 2.55. The van der Waals surface area contributed by atoms with Crippen LogP contribution >= 0.6 is 0 Å². The van der Waals surface area contributed by atoms with E-state index < -0.39 is 11.0 Å². The molecule has 0 saturated heterocycles. The van der Waals surface area contributed by atoms with E-state index in [1.54, 1.807) is 26.8 Å². The molecule has 1 amide bonds. The first-order valence-corrected chi connectivity index (χ1v) is 7.57. The van der Waals surface area contributed by atoms with Crippen LogP contribution in [0.4, 0.5) is 5.69 Å². The van der Waals surface area contributed by atoms with E-state index in [1.165, 1.54) is 0 Å². The lowest BCUT2D eigenvalue weighted by atomic mass is 9.91. The lowest BCUT2D eigenvalue weighted by Crippen LogP contribution is -2.45. The van der Waals surface area contributed by atoms with Gasteiger partial charge in [0.15, 0.2) is 0 Å². The van der Waals surface area contributed by atoms with Crippen molar-refractivity contribution in [2.45, 2.75) is 58.6 Å². The largest absolute Gasteiger partial charge is 0.391 e. The number of hydrogen-bond donors (Lipinski definition) is 2. The molecule has 1 aromatic carbocycles. The standard InChI is InChI=1S/C16H22N2O4/c1-9-8-10(2)15(18(21)22)11(3)14(9)16(20)17-12-6-4-5-7-13(12)19/h8,12-13,19H,4-7H2,1-3H3,(H,17,20). The maximum Gasteiger partial charge on any atom is 0.275 e. The summed E-state index contributed by atoms with van der Waals surface area (Å²) in [5.41, 5.74) is 1.97. The van der Waals surface area contributed by atoms with Crippen molar-refractivity contribution in [2.24, 2.45) is 0 Å². The number of aliphatic hydroxyl groups excluding tert-OH is 1. The van der Waals surface area contributed by atoms with Crippen molar-refractivity contribution >= 4 is 11.6 Å². The van der Waals surface area contributed by atoms with E-state index in [-0.39, 0.29) is 17.6 Å². The number of carbonyl (C=O) groups excluding carboxylic acids is 1. The summed E-state index contributed by atoms with van der Waals surface area (Å²) in [5.74, 6) is -0.343. The Balaban J connectivity index is 2.33. The minimum absolute atomic E-state index is 0.0139. The lowest BCUT2D eigenvalue weighted by Gasteiger charge is -2.28. The molecule has 2 N–H and O–H groups in total. The molecule has 1 saturated carbocycles. The number of benzene rings is 1. The molecular weight excluding hydrogens is 284 g/mol. The molecule has 0 aromatic heterocycles. The first-order chi connectivity index (χ1) is 10.3. The van der Waals surface area contributed by atoms with Gasteiger partial charge in [-0.3, -0.25) is 14.9 Å². The van der Waals surface area contributed by atoms with Crippen molar-refractivity contribution in [2.75, 3.05) is 0 Å². The van der Waals surface area contributed by atoms with Gasteiger partial charge in [0.1, 0.15) is 0 Å². The van der Waals surface area contributed by atoms with Crippen molar-refractivity contribution < 1.29 is 14.8 Å². The molecule has 2 atom stereocenters. The quantitative estimate of drug-likeness (QED) is 0.663. The van der Waals surface area contributed by atoms with Crippen LogP contribution in [0, 0.1) is 30.9 Å². The van der Waals surface area contributed by atoms with Gasteiger partial charge in [-0.15, -0.1) is 0 Å². The fraction of sp³-hybridized carbons (Fsp3) is 0.562. The van der Waals surface area contributed by atoms with Crippen molar-refractivity contribution in [1.82, 2.24) is 5.32 Å². The summed E-state index contributed by atoms with van der Waals surface area (Å²) in [6.45, 7) is 5.05. The molecule has 22 heavy (non-hydrogen) atoms. The second kappa shape index (κ2) is 6.44. The van der Waals surface area contributed by atoms with Crippen LogP contribution < -0.4 is 5.32 Å². The van der Waals surface area contributed by atoms with Crippen LogP contribution in [0.15, 0.2) is 6.07 Å². The molecule has 1 aliphatic carbocycles. The molecule has 1 fully saturated rings. The van der Waals surface area contributed by atoms with Crippen LogP contribution in [0.3, 0.4) is 0 Å². The molecular formula is C16H22N2O4. The molecule has 2 unspecified atom stereocenters. The number of aryl methyl sites for hydroxylation is 2. The minimum Gasteiger partial charge on any atom is -0.391 e. The first-order valence-electron chi connectivity index (χ1n) is 7.57. The molecule has 6 heteroatoms. The summed E-state index contributed by atoms with van der Waals surface area (Å²) in [4.78, 5) is 23.3. The Morgan fingerprint density at radius 1 is 1.27 bits per heavy atom. The van der Waals surface area contributed by atoms with E-state index in [0.29, 0.717) is 28.7 Å². The zero-order valence-corrected chi connectivity index (χ0v) is 13.2. The molecule has 1 aliphatic rings. The highest BCUT2D eigenvalue weighted by atomic mass is 16.6. The minimum atomic E-state index is -0.543. The highest BCUT2D eigenvalue weighted by Crippen LogP contribution is 2.29. The van der Waals surface area contributed by atoms with Crippen LogP contribution in [-0.2, 0) is 0 Å². The smallest absolute Gasteiger partial charge is 0.275 e. The third-order valence-corrected chi connectivity index (χ3v) is 4.39. The van der Waals surface area contributed by atoms with Gasteiger partial charge in [0.25, 0.3) is 11.6 Å². The number of hydrogen-bond acceptors (Lipinski definition) is 4. The zero-order chi connectivity index (χ0) is 16.4. The summed E-state index contributed by atoms with van der Waals surface area (Å²) in [7, 11) is 0. The molecule has 120 valence electrons. The summed E-state index contributed by atoms with van der Waals surface area (Å²) in [6, 6.07) is 1.39. The molecule has 0 spiro atoms. The number of nitrogens with zero attached hydrogens (tertiary/aromatic N) is 1. The van der Waals surface area contributed by atoms with Gasteiger partial charge in [-0.2, -0.15) is 0 Å². The molecule has 0 aliphatic heterocycles. The Bertz CT molecular complexity index is 613. The first kappa shape index (κ1) is 16.4. The lowest BCUT2D eigenvalue weighted by molar-refractivity contribution is -0.386. The second-order valence-corrected chi connectivity index (χ2v) is 6.05. The molecule has 2 rings (SSSR count). The fourth-order valence-corrected chi connectivity index (χ4v) is 3.33. The average Bonchev–Trinajstić information content (AvgIpc) is 2.40. The van der Waals surface area contributed by atoms with Crippen LogP contribution in [0.2, 0.25) is 0 Å². The number of nitro benzene ring substituents is 1. The van der Waals surface area contributed by atoms with E-state index in [9.17, 15) is 20.0 Å². The maximum atomic E-state index is 12.5. The molecule has 0 bridgehead atoms. The molecule has 6 nitrogen and oxygen atoms in total. The fourth-order valence-electron chi connectivity index (χ4n) is 3.33. The van der Waals surface area contributed by atoms with Gasteiger partial charge >= 0.3 is 0 Å². The Morgan fingerprint density at radius 2 is 1.91 bits per heavy atom. The SMILES string of the molecule is Cc1cc(C)c([N+](=O)[O-])c(C)c1C(=O)NC1CCCCC1O. The van der Waals surface area contributed by atoms with E-state index in [0.717, 1.165) is 19.3 Å². The van der Waals surface area contributed by atoms with Crippen molar-refractivity contribution in [3.8, 4) is 0 Å². The highest BCUT2D eigenvalue weighted by molar-refractivity contribution is 5.98. The third kappa shape index (κ3) is 3.11. The topological polar surface area (TPSA) is 92.5 Å². The summed E-state index contributed by atoms with van der Waals surface area (Å²) in [5, 5.41) is 24.0. The van der Waals surface area contributed by atoms with Gasteiger partial charge in [0, 0.05) is 11.1 Å². The molecule has 1 aromatic rings. The van der Waals surface area contributed by atoms with E-state index in [4.69, 9.17) is 0 Å². The Hall–Kier alpha value is -1.95. The Labute approximate surface area is 129 Å². The monoisotopic (exact) mass is 306 g/mol. The summed E-state index contributed by atoms with van der Waals surface area (Å²) < 4.78 is 0. The second-order valence-electron chi connectivity index (χ2n) is 6.05. The number of amides is 1. The number of nitrogens with one attached hydrogen (secondary N) is 1. The number of carbonyl (C=O) groups is 1. The van der Waals surface area contributed by atoms with Gasteiger partial charge in [-0.25, -0.2) is 0 Å².